The molecule has 0 radical (unpaired) electrons. The number of nitrogens with one attached hydrogen (secondary N) is 4. The molecule has 0 bridgehead atoms. The van der Waals surface area contributed by atoms with Crippen LogP contribution >= 0.6 is 0 Å². The van der Waals surface area contributed by atoms with Crippen molar-refractivity contribution in [2.24, 2.45) is 23.5 Å². The van der Waals surface area contributed by atoms with Gasteiger partial charge in [-0.25, -0.2) is 9.59 Å². The third-order valence-electron chi connectivity index (χ3n) is 8.35. The second-order valence-electron chi connectivity index (χ2n) is 13.6. The minimum absolute atomic E-state index is 0.0710. The van der Waals surface area contributed by atoms with Crippen LogP contribution in [-0.4, -0.2) is 67.6 Å². The first-order valence-electron chi connectivity index (χ1n) is 17.6. The van der Waals surface area contributed by atoms with Crippen LogP contribution < -0.4 is 27.0 Å². The Balaban J connectivity index is 2.11. The van der Waals surface area contributed by atoms with Gasteiger partial charge in [0.05, 0.1) is 13.0 Å². The Bertz CT molecular complexity index is 1430. The van der Waals surface area contributed by atoms with E-state index in [1.165, 1.54) is 7.11 Å². The number of ether oxygens (including phenoxy) is 2. The number of carbonyl (C=O) groups is 5. The van der Waals surface area contributed by atoms with Crippen molar-refractivity contribution in [1.82, 2.24) is 21.3 Å². The average molecular weight is 708 g/mol. The molecular weight excluding hydrogens is 650 g/mol. The molecule has 0 aromatic heterocycles. The molecule has 0 aliphatic carbocycles. The number of alkyl carbamates (subject to hydrolysis) is 1. The maximum atomic E-state index is 13.7. The van der Waals surface area contributed by atoms with E-state index in [9.17, 15) is 24.0 Å². The Morgan fingerprint density at radius 3 is 1.94 bits per heavy atom. The smallest absolute Gasteiger partial charge is 0.407 e. The summed E-state index contributed by atoms with van der Waals surface area (Å²) < 4.78 is 10.2. The summed E-state index contributed by atoms with van der Waals surface area (Å²) >= 11 is 0. The lowest BCUT2D eigenvalue weighted by atomic mass is 9.96. The highest BCUT2D eigenvalue weighted by atomic mass is 16.5. The molecule has 2 aromatic rings. The van der Waals surface area contributed by atoms with E-state index in [4.69, 9.17) is 15.2 Å². The Labute approximate surface area is 302 Å². The normalized spacial score (nSPS) is 14.4. The zero-order chi connectivity index (χ0) is 37.9. The summed E-state index contributed by atoms with van der Waals surface area (Å²) in [7, 11) is 1.24. The molecule has 2 aromatic carbocycles. The standard InChI is InChI=1S/C39H57N5O7/c1-25(2)21-33(38(48)50-7)43-36(46)32(19-14-20-41-39(49)51-24-30-17-12-9-13-18-30)42-37(47)34(26(3)4)44-35(45)28(6)22-27(5)31(40)23-29-15-10-8-11-16-29/h8-13,15-18,22,25-26,28,31-34H,14,19-21,23-24,40H2,1-7H3,(H,41,49)(H,42,47)(H,43,46)(H,44,45)/b27-22+/t28-,31-,32+,33+,34+/m1/s1. The Hall–Kier alpha value is -4.71. The fourth-order valence-electron chi connectivity index (χ4n) is 5.34. The molecule has 0 aliphatic rings. The molecule has 6 N–H and O–H groups in total. The molecule has 0 fully saturated rings. The molecule has 280 valence electrons. The molecule has 0 aliphatic heterocycles. The number of nitrogens with two attached hydrogens (primary N) is 1. The van der Waals surface area contributed by atoms with Crippen molar-refractivity contribution >= 4 is 29.8 Å². The Morgan fingerprint density at radius 2 is 1.37 bits per heavy atom. The first-order valence-corrected chi connectivity index (χ1v) is 17.6. The van der Waals surface area contributed by atoms with Crippen LogP contribution in [0.4, 0.5) is 4.79 Å². The number of esters is 1. The van der Waals surface area contributed by atoms with Crippen LogP contribution in [0.3, 0.4) is 0 Å². The van der Waals surface area contributed by atoms with E-state index < -0.39 is 47.9 Å². The minimum Gasteiger partial charge on any atom is -0.467 e. The molecule has 12 heteroatoms. The fourth-order valence-corrected chi connectivity index (χ4v) is 5.34. The summed E-state index contributed by atoms with van der Waals surface area (Å²) in [6.45, 7) is 11.3. The van der Waals surface area contributed by atoms with Crippen molar-refractivity contribution in [3.63, 3.8) is 0 Å². The number of amides is 4. The van der Waals surface area contributed by atoms with Crippen molar-refractivity contribution in [2.75, 3.05) is 13.7 Å². The Morgan fingerprint density at radius 1 is 0.784 bits per heavy atom. The van der Waals surface area contributed by atoms with Crippen molar-refractivity contribution in [2.45, 2.75) is 98.0 Å². The van der Waals surface area contributed by atoms with Crippen molar-refractivity contribution in [3.8, 4) is 0 Å². The lowest BCUT2D eigenvalue weighted by Gasteiger charge is -2.27. The predicted octanol–water partition coefficient (Wildman–Crippen LogP) is 4.17. The van der Waals surface area contributed by atoms with Gasteiger partial charge in [-0.1, -0.05) is 107 Å². The van der Waals surface area contributed by atoms with E-state index in [1.54, 1.807) is 26.8 Å². The van der Waals surface area contributed by atoms with Gasteiger partial charge in [0.2, 0.25) is 17.7 Å². The van der Waals surface area contributed by atoms with Gasteiger partial charge in [0.1, 0.15) is 24.7 Å². The topological polar surface area (TPSA) is 178 Å². The molecular formula is C39H57N5O7. The van der Waals surface area contributed by atoms with Crippen LogP contribution in [0.15, 0.2) is 72.3 Å². The molecule has 0 heterocycles. The van der Waals surface area contributed by atoms with Crippen molar-refractivity contribution in [1.29, 1.82) is 0 Å². The summed E-state index contributed by atoms with van der Waals surface area (Å²) in [6, 6.07) is 15.9. The second-order valence-corrected chi connectivity index (χ2v) is 13.6. The van der Waals surface area contributed by atoms with Gasteiger partial charge in [0, 0.05) is 12.6 Å². The first-order chi connectivity index (χ1) is 24.2. The highest BCUT2D eigenvalue weighted by molar-refractivity contribution is 5.94. The summed E-state index contributed by atoms with van der Waals surface area (Å²) in [5.41, 5.74) is 9.19. The van der Waals surface area contributed by atoms with Gasteiger partial charge < -0.3 is 36.5 Å². The van der Waals surface area contributed by atoms with E-state index in [1.807, 2.05) is 81.4 Å². The maximum absolute atomic E-state index is 13.7. The van der Waals surface area contributed by atoms with Crippen LogP contribution in [0.2, 0.25) is 0 Å². The van der Waals surface area contributed by atoms with Crippen LogP contribution in [0.1, 0.15) is 71.9 Å². The van der Waals surface area contributed by atoms with Gasteiger partial charge >= 0.3 is 12.1 Å². The number of methoxy groups -OCH3 is 1. The highest BCUT2D eigenvalue weighted by Crippen LogP contribution is 2.14. The van der Waals surface area contributed by atoms with Gasteiger partial charge in [-0.3, -0.25) is 14.4 Å². The van der Waals surface area contributed by atoms with E-state index in [-0.39, 0.29) is 43.4 Å². The van der Waals surface area contributed by atoms with E-state index in [0.29, 0.717) is 19.3 Å². The molecule has 5 atom stereocenters. The zero-order valence-corrected chi connectivity index (χ0v) is 31.1. The predicted molar refractivity (Wildman–Crippen MR) is 197 cm³/mol. The molecule has 2 rings (SSSR count). The van der Waals surface area contributed by atoms with Crippen molar-refractivity contribution < 1.29 is 33.4 Å². The lowest BCUT2D eigenvalue weighted by molar-refractivity contribution is -0.146. The van der Waals surface area contributed by atoms with Crippen LogP contribution in [0.25, 0.3) is 0 Å². The van der Waals surface area contributed by atoms with Gasteiger partial charge in [0.25, 0.3) is 0 Å². The third-order valence-corrected chi connectivity index (χ3v) is 8.35. The summed E-state index contributed by atoms with van der Waals surface area (Å²) in [5, 5.41) is 11.0. The lowest BCUT2D eigenvalue weighted by Crippen LogP contribution is -2.57. The van der Waals surface area contributed by atoms with Gasteiger partial charge in [-0.15, -0.1) is 0 Å². The fraction of sp³-hybridized carbons (Fsp3) is 0.513. The van der Waals surface area contributed by atoms with E-state index >= 15 is 0 Å². The number of benzene rings is 2. The second kappa shape index (κ2) is 22.2. The largest absolute Gasteiger partial charge is 0.467 e. The van der Waals surface area contributed by atoms with Crippen LogP contribution in [0.5, 0.6) is 0 Å². The molecule has 51 heavy (non-hydrogen) atoms. The molecule has 4 amide bonds. The third kappa shape index (κ3) is 15.8. The number of hydrogen-bond acceptors (Lipinski definition) is 8. The maximum Gasteiger partial charge on any atom is 0.407 e. The number of rotatable bonds is 20. The van der Waals surface area contributed by atoms with E-state index in [0.717, 1.165) is 16.7 Å². The number of hydrogen-bond donors (Lipinski definition) is 5. The molecule has 0 saturated carbocycles. The zero-order valence-electron chi connectivity index (χ0n) is 31.1. The molecule has 0 unspecified atom stereocenters. The van der Waals surface area contributed by atoms with Gasteiger partial charge in [-0.05, 0) is 55.6 Å². The van der Waals surface area contributed by atoms with Crippen molar-refractivity contribution in [3.05, 3.63) is 83.4 Å². The summed E-state index contributed by atoms with van der Waals surface area (Å²) in [6.07, 6.45) is 2.56. The van der Waals surface area contributed by atoms with Gasteiger partial charge in [-0.2, -0.15) is 0 Å². The Kier molecular flexibility index (Phi) is 18.5. The quantitative estimate of drug-likeness (QED) is 0.0773. The molecule has 0 saturated heterocycles. The highest BCUT2D eigenvalue weighted by Gasteiger charge is 2.32. The van der Waals surface area contributed by atoms with E-state index in [2.05, 4.69) is 21.3 Å². The SMILES string of the molecule is COC(=O)[C@H](CC(C)C)NC(=O)[C@H](CCCNC(=O)OCc1ccccc1)NC(=O)[C@@H](NC(=O)[C@H](C)/C=C(\C)[C@H](N)Cc1ccccc1)C(C)C. The van der Waals surface area contributed by atoms with Crippen LogP contribution in [-0.2, 0) is 41.7 Å². The average Bonchev–Trinajstić information content (AvgIpc) is 3.10. The van der Waals surface area contributed by atoms with Gasteiger partial charge in [0.15, 0.2) is 0 Å². The monoisotopic (exact) mass is 707 g/mol. The molecule has 0 spiro atoms. The first kappa shape index (κ1) is 42.5. The summed E-state index contributed by atoms with van der Waals surface area (Å²) in [5.74, 6) is -2.93. The minimum atomic E-state index is -1.08. The summed E-state index contributed by atoms with van der Waals surface area (Å²) in [4.78, 5) is 65.3. The molecule has 12 nitrogen and oxygen atoms in total. The number of carbonyl (C=O) groups excluding carboxylic acids is 5. The van der Waals surface area contributed by atoms with Crippen LogP contribution in [0, 0.1) is 17.8 Å².